The summed E-state index contributed by atoms with van der Waals surface area (Å²) >= 11 is 0. The predicted octanol–water partition coefficient (Wildman–Crippen LogP) is 0.879. The third kappa shape index (κ3) is 2.90. The number of carboxylic acids is 1. The third-order valence-corrected chi connectivity index (χ3v) is 4.58. The summed E-state index contributed by atoms with van der Waals surface area (Å²) < 4.78 is 24.2. The molecular weight excluding hydrogens is 282 g/mol. The number of rotatable bonds is 6. The van der Waals surface area contributed by atoms with Crippen molar-refractivity contribution in [3.8, 4) is 0 Å². The first-order valence-corrected chi connectivity index (χ1v) is 7.91. The van der Waals surface area contributed by atoms with Crippen molar-refractivity contribution in [3.63, 3.8) is 0 Å². The predicted molar refractivity (Wildman–Crippen MR) is 75.0 cm³/mol. The SMILES string of the molecule is CCS(=O)(=O)CCNc1nc2ccccn2c1C(=O)O. The van der Waals surface area contributed by atoms with Crippen molar-refractivity contribution >= 4 is 27.3 Å². The van der Waals surface area contributed by atoms with Gasteiger partial charge in [-0.05, 0) is 12.1 Å². The summed E-state index contributed by atoms with van der Waals surface area (Å²) in [6.45, 7) is 1.70. The van der Waals surface area contributed by atoms with Crippen molar-refractivity contribution < 1.29 is 18.3 Å². The number of pyridine rings is 1. The van der Waals surface area contributed by atoms with Crippen LogP contribution >= 0.6 is 0 Å². The lowest BCUT2D eigenvalue weighted by molar-refractivity contribution is 0.0690. The van der Waals surface area contributed by atoms with Gasteiger partial charge in [-0.2, -0.15) is 0 Å². The lowest BCUT2D eigenvalue weighted by Crippen LogP contribution is -2.18. The molecule has 0 saturated heterocycles. The topological polar surface area (TPSA) is 101 Å². The maximum atomic E-state index is 11.4. The number of nitrogens with one attached hydrogen (secondary N) is 1. The van der Waals surface area contributed by atoms with Gasteiger partial charge in [-0.15, -0.1) is 0 Å². The molecule has 0 spiro atoms. The van der Waals surface area contributed by atoms with Gasteiger partial charge in [0.2, 0.25) is 0 Å². The van der Waals surface area contributed by atoms with Crippen LogP contribution in [0.4, 0.5) is 5.82 Å². The van der Waals surface area contributed by atoms with Crippen molar-refractivity contribution in [2.24, 2.45) is 0 Å². The van der Waals surface area contributed by atoms with Gasteiger partial charge in [0.05, 0.1) is 5.75 Å². The molecule has 2 aromatic heterocycles. The van der Waals surface area contributed by atoms with Gasteiger partial charge in [-0.1, -0.05) is 13.0 Å². The van der Waals surface area contributed by atoms with Crippen LogP contribution in [0.3, 0.4) is 0 Å². The summed E-state index contributed by atoms with van der Waals surface area (Å²) in [7, 11) is -3.10. The zero-order valence-corrected chi connectivity index (χ0v) is 11.7. The van der Waals surface area contributed by atoms with E-state index in [1.165, 1.54) is 4.40 Å². The molecule has 2 rings (SSSR count). The molecule has 0 aromatic carbocycles. The van der Waals surface area contributed by atoms with E-state index >= 15 is 0 Å². The quantitative estimate of drug-likeness (QED) is 0.821. The van der Waals surface area contributed by atoms with Crippen LogP contribution in [-0.2, 0) is 9.84 Å². The molecule has 8 heteroatoms. The van der Waals surface area contributed by atoms with Crippen molar-refractivity contribution in [2.75, 3.05) is 23.4 Å². The number of sulfone groups is 1. The van der Waals surface area contributed by atoms with Crippen LogP contribution in [0.2, 0.25) is 0 Å². The van der Waals surface area contributed by atoms with Gasteiger partial charge in [0.1, 0.15) is 5.65 Å². The van der Waals surface area contributed by atoms with Gasteiger partial charge >= 0.3 is 5.97 Å². The van der Waals surface area contributed by atoms with E-state index in [0.29, 0.717) is 5.65 Å². The Bertz CT molecular complexity index is 736. The minimum absolute atomic E-state index is 0.00510. The highest BCUT2D eigenvalue weighted by atomic mass is 32.2. The van der Waals surface area contributed by atoms with Gasteiger partial charge in [0.15, 0.2) is 21.3 Å². The van der Waals surface area contributed by atoms with E-state index in [9.17, 15) is 18.3 Å². The Morgan fingerprint density at radius 2 is 2.20 bits per heavy atom. The van der Waals surface area contributed by atoms with Crippen LogP contribution in [0.5, 0.6) is 0 Å². The van der Waals surface area contributed by atoms with E-state index in [1.54, 1.807) is 31.3 Å². The lowest BCUT2D eigenvalue weighted by Gasteiger charge is -2.04. The molecule has 0 aliphatic rings. The third-order valence-electron chi connectivity index (χ3n) is 2.88. The molecule has 2 heterocycles. The number of carboxylic acid groups (broad SMARTS) is 1. The number of aromatic nitrogens is 2. The molecular formula is C12H15N3O4S. The molecule has 0 aliphatic carbocycles. The number of anilines is 1. The molecule has 7 nitrogen and oxygen atoms in total. The number of hydrogen-bond donors (Lipinski definition) is 2. The summed E-state index contributed by atoms with van der Waals surface area (Å²) in [6.07, 6.45) is 1.60. The molecule has 0 saturated carbocycles. The molecule has 0 atom stereocenters. The standard InChI is InChI=1S/C12H15N3O4S/c1-2-20(18,19)8-6-13-11-10(12(16)17)15-7-4-3-5-9(15)14-11/h3-5,7,13H,2,6,8H2,1H3,(H,16,17). The van der Waals surface area contributed by atoms with E-state index in [-0.39, 0.29) is 29.6 Å². The summed E-state index contributed by atoms with van der Waals surface area (Å²) in [5.41, 5.74) is 0.486. The molecule has 2 aromatic rings. The van der Waals surface area contributed by atoms with Gasteiger partial charge in [-0.3, -0.25) is 4.40 Å². The molecule has 0 bridgehead atoms. The second-order valence-electron chi connectivity index (χ2n) is 4.21. The van der Waals surface area contributed by atoms with E-state index < -0.39 is 15.8 Å². The second-order valence-corrected chi connectivity index (χ2v) is 6.68. The maximum Gasteiger partial charge on any atom is 0.356 e. The van der Waals surface area contributed by atoms with Crippen LogP contribution in [0, 0.1) is 0 Å². The average molecular weight is 297 g/mol. The zero-order valence-electron chi connectivity index (χ0n) is 10.9. The Kier molecular flexibility index (Phi) is 3.93. The first kappa shape index (κ1) is 14.3. The second kappa shape index (κ2) is 5.49. The lowest BCUT2D eigenvalue weighted by atomic mass is 10.4. The van der Waals surface area contributed by atoms with Gasteiger partial charge < -0.3 is 10.4 Å². The minimum Gasteiger partial charge on any atom is -0.476 e. The average Bonchev–Trinajstić information content (AvgIpc) is 2.76. The Labute approximate surface area is 116 Å². The van der Waals surface area contributed by atoms with Crippen LogP contribution < -0.4 is 5.32 Å². The Morgan fingerprint density at radius 1 is 1.45 bits per heavy atom. The largest absolute Gasteiger partial charge is 0.476 e. The number of aromatic carboxylic acids is 1. The number of hydrogen-bond acceptors (Lipinski definition) is 5. The molecule has 2 N–H and O–H groups in total. The van der Waals surface area contributed by atoms with Crippen LogP contribution in [0.15, 0.2) is 24.4 Å². The number of carbonyl (C=O) groups is 1. The Hall–Kier alpha value is -2.09. The smallest absolute Gasteiger partial charge is 0.356 e. The highest BCUT2D eigenvalue weighted by molar-refractivity contribution is 7.91. The molecule has 0 unspecified atom stereocenters. The minimum atomic E-state index is -3.10. The first-order chi connectivity index (χ1) is 9.44. The normalized spacial score (nSPS) is 11.7. The number of imidazole rings is 1. The molecule has 0 fully saturated rings. The molecule has 0 radical (unpaired) electrons. The van der Waals surface area contributed by atoms with Crippen molar-refractivity contribution in [1.29, 1.82) is 0 Å². The summed E-state index contributed by atoms with van der Waals surface area (Å²) in [4.78, 5) is 15.4. The van der Waals surface area contributed by atoms with Crippen LogP contribution in [0.25, 0.3) is 5.65 Å². The molecule has 0 amide bonds. The Morgan fingerprint density at radius 3 is 2.85 bits per heavy atom. The van der Waals surface area contributed by atoms with Gasteiger partial charge in [-0.25, -0.2) is 18.2 Å². The van der Waals surface area contributed by atoms with E-state index in [2.05, 4.69) is 10.3 Å². The number of fused-ring (bicyclic) bond motifs is 1. The fraction of sp³-hybridized carbons (Fsp3) is 0.333. The summed E-state index contributed by atoms with van der Waals surface area (Å²) in [5.74, 6) is -0.943. The van der Waals surface area contributed by atoms with E-state index in [4.69, 9.17) is 0 Å². The zero-order chi connectivity index (χ0) is 14.8. The van der Waals surface area contributed by atoms with Crippen molar-refractivity contribution in [3.05, 3.63) is 30.1 Å². The van der Waals surface area contributed by atoms with E-state index in [0.717, 1.165) is 0 Å². The Balaban J connectivity index is 2.26. The monoisotopic (exact) mass is 297 g/mol. The maximum absolute atomic E-state index is 11.4. The van der Waals surface area contributed by atoms with Crippen LogP contribution in [-0.4, -0.2) is 46.9 Å². The summed E-state index contributed by atoms with van der Waals surface area (Å²) in [5, 5.41) is 12.0. The van der Waals surface area contributed by atoms with Crippen molar-refractivity contribution in [2.45, 2.75) is 6.92 Å². The van der Waals surface area contributed by atoms with Crippen LogP contribution in [0.1, 0.15) is 17.4 Å². The van der Waals surface area contributed by atoms with E-state index in [1.807, 2.05) is 0 Å². The summed E-state index contributed by atoms with van der Waals surface area (Å²) in [6, 6.07) is 5.13. The number of nitrogens with zero attached hydrogens (tertiary/aromatic N) is 2. The fourth-order valence-corrected chi connectivity index (χ4v) is 2.49. The first-order valence-electron chi connectivity index (χ1n) is 6.09. The molecule has 0 aliphatic heterocycles. The van der Waals surface area contributed by atoms with Gasteiger partial charge in [0, 0.05) is 18.5 Å². The molecule has 108 valence electrons. The fourth-order valence-electron chi connectivity index (χ4n) is 1.79. The highest BCUT2D eigenvalue weighted by Crippen LogP contribution is 2.17. The van der Waals surface area contributed by atoms with Crippen molar-refractivity contribution in [1.82, 2.24) is 9.38 Å². The van der Waals surface area contributed by atoms with Gasteiger partial charge in [0.25, 0.3) is 0 Å². The highest BCUT2D eigenvalue weighted by Gasteiger charge is 2.18. The molecule has 20 heavy (non-hydrogen) atoms.